The van der Waals surface area contributed by atoms with Gasteiger partial charge in [0.15, 0.2) is 0 Å². The Labute approximate surface area is 54.9 Å². The van der Waals surface area contributed by atoms with Crippen molar-refractivity contribution in [1.82, 2.24) is 5.32 Å². The summed E-state index contributed by atoms with van der Waals surface area (Å²) in [6, 6.07) is 0. The molecule has 0 bridgehead atoms. The van der Waals surface area contributed by atoms with Crippen LogP contribution in [0.5, 0.6) is 0 Å². The lowest BCUT2D eigenvalue weighted by Crippen LogP contribution is -1.99. The van der Waals surface area contributed by atoms with Crippen LogP contribution in [0.4, 0.5) is 0 Å². The molecule has 1 N–H and O–H groups in total. The molecule has 0 saturated heterocycles. The zero-order valence-corrected chi connectivity index (χ0v) is 6.14. The van der Waals surface area contributed by atoms with E-state index >= 15 is 0 Å². The van der Waals surface area contributed by atoms with Gasteiger partial charge in [-0.2, -0.15) is 0 Å². The summed E-state index contributed by atoms with van der Waals surface area (Å²) in [7, 11) is 1.85. The molecule has 0 aromatic carbocycles. The van der Waals surface area contributed by atoms with Gasteiger partial charge in [0.25, 0.3) is 0 Å². The highest BCUT2D eigenvalue weighted by Gasteiger charge is 1.87. The lowest BCUT2D eigenvalue weighted by Gasteiger charge is -2.00. The highest BCUT2D eigenvalue weighted by atomic mass is 32.2. The Hall–Kier alpha value is -0.370. The van der Waals surface area contributed by atoms with Gasteiger partial charge in [-0.15, -0.1) is 0 Å². The van der Waals surface area contributed by atoms with Crippen molar-refractivity contribution < 1.29 is 0 Å². The predicted molar refractivity (Wildman–Crippen MR) is 40.6 cm³/mol. The average molecular weight is 129 g/mol. The van der Waals surface area contributed by atoms with Crippen molar-refractivity contribution >= 4 is 11.8 Å². The van der Waals surface area contributed by atoms with Crippen LogP contribution in [0.2, 0.25) is 0 Å². The van der Waals surface area contributed by atoms with Crippen molar-refractivity contribution in [1.29, 1.82) is 0 Å². The first kappa shape index (κ1) is 7.63. The standard InChI is InChI=1S/C6H11NS/c1-5(2)8-6(3)7-4/h7H,1,3H2,2,4H3. The topological polar surface area (TPSA) is 12.0 Å². The molecule has 0 rings (SSSR count). The van der Waals surface area contributed by atoms with E-state index in [0.717, 1.165) is 9.93 Å². The molecule has 0 amide bonds. The minimum atomic E-state index is 0.942. The molecule has 0 aromatic heterocycles. The van der Waals surface area contributed by atoms with Gasteiger partial charge in [0.2, 0.25) is 0 Å². The average Bonchev–Trinajstić information content (AvgIpc) is 1.65. The number of rotatable bonds is 3. The maximum atomic E-state index is 3.71. The summed E-state index contributed by atoms with van der Waals surface area (Å²) in [4.78, 5) is 1.06. The third kappa shape index (κ3) is 3.81. The Morgan fingerprint density at radius 1 is 1.50 bits per heavy atom. The zero-order chi connectivity index (χ0) is 6.57. The van der Waals surface area contributed by atoms with E-state index in [0.29, 0.717) is 0 Å². The van der Waals surface area contributed by atoms with Crippen molar-refractivity contribution in [2.24, 2.45) is 0 Å². The van der Waals surface area contributed by atoms with Crippen molar-refractivity contribution in [3.05, 3.63) is 23.1 Å². The molecule has 46 valence electrons. The van der Waals surface area contributed by atoms with E-state index in [1.54, 1.807) is 11.8 Å². The molecule has 0 atom stereocenters. The number of nitrogens with one attached hydrogen (secondary N) is 1. The van der Waals surface area contributed by atoms with E-state index in [4.69, 9.17) is 0 Å². The Bertz CT molecular complexity index is 107. The van der Waals surface area contributed by atoms with E-state index < -0.39 is 0 Å². The van der Waals surface area contributed by atoms with Crippen molar-refractivity contribution in [2.75, 3.05) is 7.05 Å². The monoisotopic (exact) mass is 129 g/mol. The zero-order valence-electron chi connectivity index (χ0n) is 5.32. The van der Waals surface area contributed by atoms with Crippen LogP contribution in [-0.2, 0) is 0 Å². The van der Waals surface area contributed by atoms with E-state index in [-0.39, 0.29) is 0 Å². The van der Waals surface area contributed by atoms with Gasteiger partial charge < -0.3 is 5.32 Å². The third-order valence-corrected chi connectivity index (χ3v) is 1.38. The Balaban J connectivity index is 3.40. The molecule has 0 radical (unpaired) electrons. The van der Waals surface area contributed by atoms with Gasteiger partial charge in [0.1, 0.15) is 0 Å². The molecule has 0 unspecified atom stereocenters. The highest BCUT2D eigenvalue weighted by molar-refractivity contribution is 8.06. The van der Waals surface area contributed by atoms with E-state index in [9.17, 15) is 0 Å². The quantitative estimate of drug-likeness (QED) is 0.625. The largest absolute Gasteiger partial charge is 0.383 e. The van der Waals surface area contributed by atoms with E-state index in [1.165, 1.54) is 0 Å². The first-order valence-electron chi connectivity index (χ1n) is 2.37. The fourth-order valence-electron chi connectivity index (χ4n) is 0.261. The smallest absolute Gasteiger partial charge is 0.0650 e. The molecule has 8 heavy (non-hydrogen) atoms. The highest BCUT2D eigenvalue weighted by Crippen LogP contribution is 2.17. The van der Waals surface area contributed by atoms with Gasteiger partial charge in [-0.1, -0.05) is 24.9 Å². The molecule has 0 fully saturated rings. The summed E-state index contributed by atoms with van der Waals surface area (Å²) in [6.07, 6.45) is 0. The minimum absolute atomic E-state index is 0.942. The summed E-state index contributed by atoms with van der Waals surface area (Å²) in [5.41, 5.74) is 0. The second-order valence-corrected chi connectivity index (χ2v) is 2.87. The molecular formula is C6H11NS. The summed E-state index contributed by atoms with van der Waals surface area (Å²) in [6.45, 7) is 9.36. The normalized spacial score (nSPS) is 8.25. The molecule has 0 spiro atoms. The van der Waals surface area contributed by atoms with Crippen LogP contribution in [-0.4, -0.2) is 7.05 Å². The molecule has 0 aliphatic carbocycles. The van der Waals surface area contributed by atoms with Gasteiger partial charge in [-0.3, -0.25) is 0 Å². The third-order valence-electron chi connectivity index (χ3n) is 0.576. The maximum Gasteiger partial charge on any atom is 0.0650 e. The van der Waals surface area contributed by atoms with Crippen LogP contribution in [0.25, 0.3) is 0 Å². The first-order valence-corrected chi connectivity index (χ1v) is 3.18. The second kappa shape index (κ2) is 3.61. The Kier molecular flexibility index (Phi) is 3.44. The van der Waals surface area contributed by atoms with Crippen LogP contribution < -0.4 is 5.32 Å². The van der Waals surface area contributed by atoms with Gasteiger partial charge in [-0.25, -0.2) is 0 Å². The molecule has 0 aliphatic heterocycles. The molecule has 0 aromatic rings. The van der Waals surface area contributed by atoms with Crippen molar-refractivity contribution in [3.8, 4) is 0 Å². The van der Waals surface area contributed by atoms with Crippen LogP contribution in [0.3, 0.4) is 0 Å². The van der Waals surface area contributed by atoms with Gasteiger partial charge in [0, 0.05) is 7.05 Å². The molecule has 2 heteroatoms. The summed E-state index contributed by atoms with van der Waals surface area (Å²) < 4.78 is 0. The van der Waals surface area contributed by atoms with Gasteiger partial charge >= 0.3 is 0 Å². The summed E-state index contributed by atoms with van der Waals surface area (Å²) >= 11 is 1.55. The Morgan fingerprint density at radius 2 is 2.00 bits per heavy atom. The van der Waals surface area contributed by atoms with E-state index in [1.807, 2.05) is 14.0 Å². The lowest BCUT2D eigenvalue weighted by molar-refractivity contribution is 1.09. The molecule has 0 heterocycles. The SMILES string of the molecule is C=C(C)SC(=C)NC. The minimum Gasteiger partial charge on any atom is -0.383 e. The molecule has 1 nitrogen and oxygen atoms in total. The fourth-order valence-corrected chi connectivity index (χ4v) is 0.784. The van der Waals surface area contributed by atoms with Crippen molar-refractivity contribution in [3.63, 3.8) is 0 Å². The molecule has 0 aliphatic rings. The van der Waals surface area contributed by atoms with Crippen molar-refractivity contribution in [2.45, 2.75) is 6.92 Å². The molecule has 0 saturated carbocycles. The van der Waals surface area contributed by atoms with Crippen LogP contribution in [0.15, 0.2) is 23.1 Å². The number of hydrogen-bond acceptors (Lipinski definition) is 2. The number of allylic oxidation sites excluding steroid dienone is 1. The summed E-state index contributed by atoms with van der Waals surface area (Å²) in [5, 5.41) is 3.85. The lowest BCUT2D eigenvalue weighted by atomic mass is 10.8. The van der Waals surface area contributed by atoms with Gasteiger partial charge in [-0.05, 0) is 11.8 Å². The van der Waals surface area contributed by atoms with Gasteiger partial charge in [0.05, 0.1) is 5.03 Å². The predicted octanol–water partition coefficient (Wildman–Crippen LogP) is 1.94. The maximum absolute atomic E-state index is 3.71. The summed E-state index contributed by atoms with van der Waals surface area (Å²) in [5.74, 6) is 0. The van der Waals surface area contributed by atoms with Crippen LogP contribution in [0.1, 0.15) is 6.92 Å². The second-order valence-electron chi connectivity index (χ2n) is 1.48. The number of thioether (sulfide) groups is 1. The van der Waals surface area contributed by atoms with Crippen LogP contribution >= 0.6 is 11.8 Å². The first-order chi connectivity index (χ1) is 3.66. The fraction of sp³-hybridized carbons (Fsp3) is 0.333. The Morgan fingerprint density at radius 3 is 2.12 bits per heavy atom. The number of hydrogen-bond donors (Lipinski definition) is 1. The molecular weight excluding hydrogens is 118 g/mol. The van der Waals surface area contributed by atoms with E-state index in [2.05, 4.69) is 18.5 Å². The van der Waals surface area contributed by atoms with Crippen LogP contribution in [0, 0.1) is 0 Å².